The van der Waals surface area contributed by atoms with Crippen LogP contribution in [0.1, 0.15) is 65.0 Å². The zero-order valence-electron chi connectivity index (χ0n) is 25.9. The summed E-state index contributed by atoms with van der Waals surface area (Å²) in [5.74, 6) is -4.47. The third-order valence-corrected chi connectivity index (χ3v) is 7.09. The highest BCUT2D eigenvalue weighted by atomic mass is 32.2. The Bertz CT molecular complexity index is 1280. The van der Waals surface area contributed by atoms with Crippen LogP contribution in [-0.2, 0) is 34.8 Å². The number of ether oxygens (including phenoxy) is 3. The topological polar surface area (TPSA) is 132 Å². The molecule has 3 atom stereocenters. The zero-order valence-corrected chi connectivity index (χ0v) is 26.7. The largest absolute Gasteiger partial charge is 0.465 e. The highest BCUT2D eigenvalue weighted by molar-refractivity contribution is 7.98. The van der Waals surface area contributed by atoms with Crippen LogP contribution in [0.5, 0.6) is 0 Å². The van der Waals surface area contributed by atoms with E-state index in [0.717, 1.165) is 6.07 Å². The van der Waals surface area contributed by atoms with Crippen molar-refractivity contribution in [3.05, 3.63) is 46.7 Å². The number of hydrogen-bond donors (Lipinski definition) is 2. The van der Waals surface area contributed by atoms with Gasteiger partial charge in [-0.1, -0.05) is 18.2 Å². The Balaban J connectivity index is 2.27. The number of halogens is 3. The molecule has 2 rings (SSSR count). The summed E-state index contributed by atoms with van der Waals surface area (Å²) >= 11 is 1.48. The standard InChI is InChI=1S/C30H40F3N3O7S/c1-8-41-26(38)22-17(2)35-18(3)23(24(22)19-11-9-10-12-20(19)30(31,32)33)27(39)42-15-14-34-25(37)21(13-16-44-7)36-28(40)43-29(4,5)6/h9-12,21-22,24H,8,13-16H2,1-7H3,(H,34,37)(H,36,40)/t21-,22?,24?/m0/s1. The van der Waals surface area contributed by atoms with E-state index in [4.69, 9.17) is 14.2 Å². The summed E-state index contributed by atoms with van der Waals surface area (Å²) < 4.78 is 58.0. The number of nitrogens with zero attached hydrogens (tertiary/aromatic N) is 1. The highest BCUT2D eigenvalue weighted by Gasteiger charge is 2.46. The minimum absolute atomic E-state index is 0.0286. The molecule has 0 spiro atoms. The van der Waals surface area contributed by atoms with E-state index in [1.807, 2.05) is 6.26 Å². The summed E-state index contributed by atoms with van der Waals surface area (Å²) in [6, 6.07) is 3.79. The second-order valence-electron chi connectivity index (χ2n) is 11.0. The third-order valence-electron chi connectivity index (χ3n) is 6.44. The second-order valence-corrected chi connectivity index (χ2v) is 11.9. The second kappa shape index (κ2) is 16.0. The average Bonchev–Trinajstić information content (AvgIpc) is 2.91. The first-order chi connectivity index (χ1) is 20.5. The number of carbonyl (C=O) groups excluding carboxylic acids is 4. The summed E-state index contributed by atoms with van der Waals surface area (Å²) in [6.45, 7) is 9.04. The molecule has 0 aliphatic carbocycles. The van der Waals surface area contributed by atoms with Crippen molar-refractivity contribution in [3.63, 3.8) is 0 Å². The Hall–Kier alpha value is -3.55. The number of hydrogen-bond acceptors (Lipinski definition) is 9. The van der Waals surface area contributed by atoms with Gasteiger partial charge in [-0.05, 0) is 71.6 Å². The number of nitrogens with one attached hydrogen (secondary N) is 2. The van der Waals surface area contributed by atoms with E-state index in [-0.39, 0.29) is 42.3 Å². The first-order valence-corrected chi connectivity index (χ1v) is 15.4. The van der Waals surface area contributed by atoms with Crippen LogP contribution in [-0.4, -0.2) is 73.1 Å². The molecule has 10 nitrogen and oxygen atoms in total. The van der Waals surface area contributed by atoms with Crippen LogP contribution in [0, 0.1) is 5.92 Å². The number of amides is 2. The van der Waals surface area contributed by atoms with Gasteiger partial charge in [0.15, 0.2) is 0 Å². The minimum atomic E-state index is -4.77. The molecule has 2 amide bonds. The fraction of sp³-hybridized carbons (Fsp3) is 0.567. The van der Waals surface area contributed by atoms with Crippen molar-refractivity contribution in [2.45, 2.75) is 71.7 Å². The van der Waals surface area contributed by atoms with Gasteiger partial charge in [0, 0.05) is 17.3 Å². The molecule has 14 heteroatoms. The molecule has 0 saturated heterocycles. The monoisotopic (exact) mass is 643 g/mol. The lowest BCUT2D eigenvalue weighted by atomic mass is 9.74. The Morgan fingerprint density at radius 2 is 1.73 bits per heavy atom. The average molecular weight is 644 g/mol. The van der Waals surface area contributed by atoms with Crippen molar-refractivity contribution in [1.29, 1.82) is 0 Å². The van der Waals surface area contributed by atoms with E-state index in [2.05, 4.69) is 15.6 Å². The van der Waals surface area contributed by atoms with Crippen molar-refractivity contribution < 1.29 is 46.6 Å². The normalized spacial score (nSPS) is 17.7. The van der Waals surface area contributed by atoms with Gasteiger partial charge in [0.2, 0.25) is 5.91 Å². The SMILES string of the molecule is CCOC(=O)C1C(C)=NC(C)=C(C(=O)OCCNC(=O)[C@H](CCSC)NC(=O)OC(C)(C)C)C1c1ccccc1C(F)(F)F. The van der Waals surface area contributed by atoms with Gasteiger partial charge in [-0.25, -0.2) is 9.59 Å². The van der Waals surface area contributed by atoms with Crippen LogP contribution >= 0.6 is 11.8 Å². The summed E-state index contributed by atoms with van der Waals surface area (Å²) in [4.78, 5) is 55.8. The van der Waals surface area contributed by atoms with Crippen molar-refractivity contribution in [2.75, 3.05) is 31.8 Å². The van der Waals surface area contributed by atoms with Gasteiger partial charge in [-0.2, -0.15) is 24.9 Å². The number of benzene rings is 1. The molecule has 1 aliphatic heterocycles. The van der Waals surface area contributed by atoms with Crippen LogP contribution in [0.2, 0.25) is 0 Å². The quantitative estimate of drug-likeness (QED) is 0.184. The van der Waals surface area contributed by atoms with Crippen molar-refractivity contribution >= 4 is 41.4 Å². The minimum Gasteiger partial charge on any atom is -0.465 e. The number of esters is 2. The number of thioether (sulfide) groups is 1. The van der Waals surface area contributed by atoms with Crippen LogP contribution in [0.4, 0.5) is 18.0 Å². The van der Waals surface area contributed by atoms with E-state index in [1.165, 1.54) is 43.8 Å². The molecule has 44 heavy (non-hydrogen) atoms. The number of aliphatic imine (C=N–C) groups is 1. The van der Waals surface area contributed by atoms with Gasteiger partial charge < -0.3 is 24.8 Å². The van der Waals surface area contributed by atoms with Gasteiger partial charge in [-0.15, -0.1) is 0 Å². The zero-order chi connectivity index (χ0) is 33.2. The molecule has 0 saturated carbocycles. The van der Waals surface area contributed by atoms with Gasteiger partial charge in [0.05, 0.1) is 24.3 Å². The predicted molar refractivity (Wildman–Crippen MR) is 160 cm³/mol. The molecule has 0 radical (unpaired) electrons. The summed E-state index contributed by atoms with van der Waals surface area (Å²) in [5.41, 5.74) is -2.00. The predicted octanol–water partition coefficient (Wildman–Crippen LogP) is 5.02. The number of alkyl halides is 3. The van der Waals surface area contributed by atoms with Crippen LogP contribution in [0.15, 0.2) is 40.5 Å². The molecular formula is C30H40F3N3O7S. The third kappa shape index (κ3) is 10.3. The molecule has 1 aromatic carbocycles. The fourth-order valence-corrected chi connectivity index (χ4v) is 5.15. The number of alkyl carbamates (subject to hydrolysis) is 1. The lowest BCUT2D eigenvalue weighted by Gasteiger charge is -2.33. The molecule has 2 unspecified atom stereocenters. The molecular weight excluding hydrogens is 603 g/mol. The lowest BCUT2D eigenvalue weighted by molar-refractivity contribution is -0.147. The Labute approximate surface area is 259 Å². The van der Waals surface area contributed by atoms with Gasteiger partial charge >= 0.3 is 24.2 Å². The number of carbonyl (C=O) groups is 4. The van der Waals surface area contributed by atoms with Crippen LogP contribution in [0.25, 0.3) is 0 Å². The first-order valence-electron chi connectivity index (χ1n) is 14.0. The Morgan fingerprint density at radius 3 is 2.32 bits per heavy atom. The molecule has 1 aliphatic rings. The number of allylic oxidation sites excluding steroid dienone is 1. The maximum absolute atomic E-state index is 14.1. The van der Waals surface area contributed by atoms with Crippen LogP contribution in [0.3, 0.4) is 0 Å². The van der Waals surface area contributed by atoms with Crippen LogP contribution < -0.4 is 10.6 Å². The maximum atomic E-state index is 14.1. The summed E-state index contributed by atoms with van der Waals surface area (Å²) in [6.07, 6.45) is -3.37. The molecule has 1 heterocycles. The lowest BCUT2D eigenvalue weighted by Crippen LogP contribution is -2.49. The maximum Gasteiger partial charge on any atom is 0.416 e. The molecule has 244 valence electrons. The molecule has 0 bridgehead atoms. The van der Waals surface area contributed by atoms with E-state index < -0.39 is 59.2 Å². The van der Waals surface area contributed by atoms with Crippen molar-refractivity contribution in [1.82, 2.24) is 10.6 Å². The fourth-order valence-electron chi connectivity index (χ4n) is 4.68. The highest BCUT2D eigenvalue weighted by Crippen LogP contribution is 2.45. The summed E-state index contributed by atoms with van der Waals surface area (Å²) in [7, 11) is 0. The van der Waals surface area contributed by atoms with E-state index >= 15 is 0 Å². The van der Waals surface area contributed by atoms with Gasteiger partial charge in [0.1, 0.15) is 24.2 Å². The molecule has 0 fully saturated rings. The molecule has 1 aromatic rings. The van der Waals surface area contributed by atoms with Gasteiger partial charge in [-0.3, -0.25) is 14.6 Å². The first kappa shape index (κ1) is 36.6. The molecule has 0 aromatic heterocycles. The Morgan fingerprint density at radius 1 is 1.07 bits per heavy atom. The van der Waals surface area contributed by atoms with Crippen molar-refractivity contribution in [2.24, 2.45) is 10.9 Å². The number of rotatable bonds is 12. The van der Waals surface area contributed by atoms with E-state index in [1.54, 1.807) is 27.7 Å². The van der Waals surface area contributed by atoms with Gasteiger partial charge in [0.25, 0.3) is 0 Å². The van der Waals surface area contributed by atoms with E-state index in [0.29, 0.717) is 12.2 Å². The summed E-state index contributed by atoms with van der Waals surface area (Å²) in [5, 5.41) is 5.12. The smallest absolute Gasteiger partial charge is 0.416 e. The molecule has 2 N–H and O–H groups in total. The van der Waals surface area contributed by atoms with E-state index in [9.17, 15) is 32.3 Å². The Kier molecular flexibility index (Phi) is 13.3. The van der Waals surface area contributed by atoms with Crippen molar-refractivity contribution in [3.8, 4) is 0 Å².